The summed E-state index contributed by atoms with van der Waals surface area (Å²) in [7, 11) is -2.08. The molecule has 0 aromatic heterocycles. The van der Waals surface area contributed by atoms with Crippen LogP contribution in [0.4, 0.5) is 0 Å². The van der Waals surface area contributed by atoms with Crippen LogP contribution in [0.15, 0.2) is 12.1 Å². The first-order chi connectivity index (χ1) is 11.2. The second kappa shape index (κ2) is 8.28. The minimum absolute atomic E-state index is 0.145. The minimum atomic E-state index is -1.79. The van der Waals surface area contributed by atoms with Crippen LogP contribution in [0.25, 0.3) is 0 Å². The van der Waals surface area contributed by atoms with Crippen LogP contribution in [0.3, 0.4) is 0 Å². The van der Waals surface area contributed by atoms with Crippen LogP contribution in [0, 0.1) is 0 Å². The first-order valence-electron chi connectivity index (χ1n) is 9.93. The lowest BCUT2D eigenvalue weighted by atomic mass is 9.89. The molecule has 0 aliphatic carbocycles. The molecule has 1 saturated heterocycles. The smallest absolute Gasteiger partial charge is 0.411 e. The van der Waals surface area contributed by atoms with Crippen molar-refractivity contribution >= 4 is 15.4 Å². The highest BCUT2D eigenvalue weighted by Crippen LogP contribution is 2.39. The van der Waals surface area contributed by atoms with Gasteiger partial charge in [-0.25, -0.2) is 0 Å². The zero-order chi connectivity index (χ0) is 19.5. The highest BCUT2D eigenvalue weighted by molar-refractivity contribution is 6.74. The molecule has 146 valence electrons. The van der Waals surface area contributed by atoms with Gasteiger partial charge < -0.3 is 13.7 Å². The molecular formula is C20H41BO3Si. The Balaban J connectivity index is 2.80. The molecule has 3 nitrogen and oxygen atoms in total. The maximum Gasteiger partial charge on any atom is 0.486 e. The van der Waals surface area contributed by atoms with Crippen molar-refractivity contribution in [1.82, 2.24) is 0 Å². The average Bonchev–Trinajstić information content (AvgIpc) is 2.62. The fourth-order valence-corrected chi connectivity index (χ4v) is 3.83. The van der Waals surface area contributed by atoms with E-state index < -0.39 is 8.32 Å². The second-order valence-electron chi connectivity index (χ2n) is 9.92. The Labute approximate surface area is 158 Å². The van der Waals surface area contributed by atoms with E-state index in [1.54, 1.807) is 0 Å². The standard InChI is InChI=1S/C20H41BO3Si/c1-11-12-13-14-17(22-25(9,10)18(2,3)4)15-16-21-23-19(5,6)20(7,8)24-21/h15-17H,11-14H2,1-10H3. The molecule has 0 spiro atoms. The zero-order valence-electron chi connectivity index (χ0n) is 18.4. The monoisotopic (exact) mass is 368 g/mol. The van der Waals surface area contributed by atoms with E-state index in [2.05, 4.69) is 80.5 Å². The van der Waals surface area contributed by atoms with Gasteiger partial charge in [-0.3, -0.25) is 0 Å². The zero-order valence-corrected chi connectivity index (χ0v) is 19.4. The van der Waals surface area contributed by atoms with E-state index in [9.17, 15) is 0 Å². The normalized spacial score (nSPS) is 21.9. The van der Waals surface area contributed by atoms with Crippen LogP contribution in [0.2, 0.25) is 18.1 Å². The largest absolute Gasteiger partial charge is 0.486 e. The Bertz CT molecular complexity index is 436. The molecule has 25 heavy (non-hydrogen) atoms. The fourth-order valence-electron chi connectivity index (χ4n) is 2.53. The molecule has 0 amide bonds. The number of hydrogen-bond acceptors (Lipinski definition) is 3. The molecule has 5 heteroatoms. The molecule has 1 aliphatic heterocycles. The van der Waals surface area contributed by atoms with Gasteiger partial charge in [-0.05, 0) is 52.2 Å². The van der Waals surface area contributed by atoms with Gasteiger partial charge in [0.15, 0.2) is 8.32 Å². The molecule has 1 rings (SSSR count). The summed E-state index contributed by atoms with van der Waals surface area (Å²) in [5, 5.41) is 0.216. The molecule has 1 unspecified atom stereocenters. The Morgan fingerprint density at radius 3 is 2.00 bits per heavy atom. The Hall–Kier alpha value is -0.0982. The van der Waals surface area contributed by atoms with Gasteiger partial charge >= 0.3 is 7.12 Å². The lowest BCUT2D eigenvalue weighted by Crippen LogP contribution is -2.43. The van der Waals surface area contributed by atoms with E-state index >= 15 is 0 Å². The molecule has 0 bridgehead atoms. The molecule has 0 N–H and O–H groups in total. The predicted octanol–water partition coefficient (Wildman–Crippen LogP) is 6.14. The topological polar surface area (TPSA) is 27.7 Å². The third kappa shape index (κ3) is 6.23. The first kappa shape index (κ1) is 22.9. The summed E-state index contributed by atoms with van der Waals surface area (Å²) in [5.74, 6) is 2.06. The number of rotatable bonds is 8. The van der Waals surface area contributed by atoms with E-state index in [1.165, 1.54) is 19.3 Å². The Morgan fingerprint density at radius 1 is 1.04 bits per heavy atom. The van der Waals surface area contributed by atoms with Gasteiger partial charge in [0.05, 0.1) is 17.3 Å². The van der Waals surface area contributed by atoms with Gasteiger partial charge in [0, 0.05) is 0 Å². The summed E-state index contributed by atoms with van der Waals surface area (Å²) in [5.41, 5.74) is -0.583. The fraction of sp³-hybridized carbons (Fsp3) is 0.900. The summed E-state index contributed by atoms with van der Waals surface area (Å²) in [6.45, 7) is 22.1. The molecule has 0 saturated carbocycles. The number of hydrogen-bond donors (Lipinski definition) is 0. The van der Waals surface area contributed by atoms with Crippen molar-refractivity contribution < 1.29 is 13.7 Å². The highest BCUT2D eigenvalue weighted by Gasteiger charge is 2.50. The third-order valence-electron chi connectivity index (χ3n) is 6.10. The Kier molecular flexibility index (Phi) is 7.60. The van der Waals surface area contributed by atoms with E-state index in [1.807, 2.05) is 0 Å². The van der Waals surface area contributed by atoms with Crippen LogP contribution in [-0.4, -0.2) is 32.7 Å². The SMILES string of the molecule is CCCCCC(C=CB1OC(C)(C)C(C)(C)O1)O[Si](C)(C)C(C)(C)C. The van der Waals surface area contributed by atoms with Crippen LogP contribution < -0.4 is 0 Å². The third-order valence-corrected chi connectivity index (χ3v) is 10.6. The van der Waals surface area contributed by atoms with E-state index in [0.717, 1.165) is 6.42 Å². The van der Waals surface area contributed by atoms with Crippen molar-refractivity contribution in [2.75, 3.05) is 0 Å². The van der Waals surface area contributed by atoms with Crippen molar-refractivity contribution in [2.24, 2.45) is 0 Å². The summed E-state index contributed by atoms with van der Waals surface area (Å²) in [6, 6.07) is 0. The van der Waals surface area contributed by atoms with Crippen molar-refractivity contribution in [2.45, 2.75) is 117 Å². The van der Waals surface area contributed by atoms with Crippen molar-refractivity contribution in [3.63, 3.8) is 0 Å². The summed E-state index contributed by atoms with van der Waals surface area (Å²) >= 11 is 0. The Morgan fingerprint density at radius 2 is 1.56 bits per heavy atom. The van der Waals surface area contributed by atoms with Crippen molar-refractivity contribution in [1.29, 1.82) is 0 Å². The van der Waals surface area contributed by atoms with Gasteiger partial charge in [-0.15, -0.1) is 0 Å². The van der Waals surface area contributed by atoms with Crippen LogP contribution >= 0.6 is 0 Å². The highest BCUT2D eigenvalue weighted by atomic mass is 28.4. The maximum absolute atomic E-state index is 6.65. The van der Waals surface area contributed by atoms with Crippen LogP contribution in [-0.2, 0) is 13.7 Å². The summed E-state index contributed by atoms with van der Waals surface area (Å²) < 4.78 is 18.8. The molecular weight excluding hydrogens is 327 g/mol. The van der Waals surface area contributed by atoms with Gasteiger partial charge in [-0.2, -0.15) is 0 Å². The van der Waals surface area contributed by atoms with Gasteiger partial charge in [0.2, 0.25) is 0 Å². The van der Waals surface area contributed by atoms with Gasteiger partial charge in [0.1, 0.15) is 0 Å². The second-order valence-corrected chi connectivity index (χ2v) is 14.7. The molecule has 0 radical (unpaired) electrons. The van der Waals surface area contributed by atoms with E-state index in [0.29, 0.717) is 0 Å². The quantitative estimate of drug-likeness (QED) is 0.380. The minimum Gasteiger partial charge on any atom is -0.411 e. The van der Waals surface area contributed by atoms with Crippen LogP contribution in [0.5, 0.6) is 0 Å². The van der Waals surface area contributed by atoms with Crippen LogP contribution in [0.1, 0.15) is 81.1 Å². The predicted molar refractivity (Wildman–Crippen MR) is 111 cm³/mol. The van der Waals surface area contributed by atoms with Gasteiger partial charge in [0.25, 0.3) is 0 Å². The van der Waals surface area contributed by atoms with Gasteiger partial charge in [-0.1, -0.05) is 59.0 Å². The molecule has 0 aromatic carbocycles. The van der Waals surface area contributed by atoms with Crippen molar-refractivity contribution in [3.8, 4) is 0 Å². The first-order valence-corrected chi connectivity index (χ1v) is 12.8. The van der Waals surface area contributed by atoms with E-state index in [4.69, 9.17) is 13.7 Å². The molecule has 0 aromatic rings. The maximum atomic E-state index is 6.65. The van der Waals surface area contributed by atoms with E-state index in [-0.39, 0.29) is 29.5 Å². The summed E-state index contributed by atoms with van der Waals surface area (Å²) in [6.07, 6.45) is 7.07. The van der Waals surface area contributed by atoms with Crippen molar-refractivity contribution in [3.05, 3.63) is 12.1 Å². The average molecular weight is 368 g/mol. The molecule has 1 heterocycles. The molecule has 1 atom stereocenters. The summed E-state index contributed by atoms with van der Waals surface area (Å²) in [4.78, 5) is 0. The molecule has 1 aliphatic rings. The lowest BCUT2D eigenvalue weighted by Gasteiger charge is -2.38. The number of unbranched alkanes of at least 4 members (excludes halogenated alkanes) is 2. The lowest BCUT2D eigenvalue weighted by molar-refractivity contribution is 0.00578. The molecule has 1 fully saturated rings.